The second-order valence-electron chi connectivity index (χ2n) is 5.79. The number of hydrogen-bond donors (Lipinski definition) is 0. The van der Waals surface area contributed by atoms with E-state index >= 15 is 0 Å². The summed E-state index contributed by atoms with van der Waals surface area (Å²) in [5, 5.41) is 0.553. The first kappa shape index (κ1) is 13.5. The number of ketones is 1. The first-order valence-corrected chi connectivity index (χ1v) is 7.39. The topological polar surface area (TPSA) is 26.3 Å². The molecule has 2 nitrogen and oxygen atoms in total. The van der Waals surface area contributed by atoms with E-state index in [4.69, 9.17) is 22.8 Å². The molecule has 2 aliphatic carbocycles. The van der Waals surface area contributed by atoms with E-state index in [0.29, 0.717) is 28.0 Å². The monoisotopic (exact) mass is 288 g/mol. The summed E-state index contributed by atoms with van der Waals surface area (Å²) in [5.41, 5.74) is 1.51. The van der Waals surface area contributed by atoms with Crippen molar-refractivity contribution < 1.29 is 9.53 Å². The van der Waals surface area contributed by atoms with Gasteiger partial charge >= 0.3 is 0 Å². The van der Waals surface area contributed by atoms with Gasteiger partial charge in [-0.15, -0.1) is 6.42 Å². The lowest BCUT2D eigenvalue weighted by Gasteiger charge is -2.28. The zero-order chi connectivity index (χ0) is 14.3. The van der Waals surface area contributed by atoms with E-state index in [1.165, 1.54) is 0 Å². The summed E-state index contributed by atoms with van der Waals surface area (Å²) >= 11 is 6.38. The molecule has 2 bridgehead atoms. The number of hydrogen-bond acceptors (Lipinski definition) is 2. The van der Waals surface area contributed by atoms with Crippen LogP contribution in [-0.4, -0.2) is 12.9 Å². The standard InChI is InChI=1S/C17H17ClO2/c1-3-10-8-14(18)16(15(9-10)20-2)13-7-11-4-5-12(6-11)17(13)19/h1,8-9,11-13H,4-7H2,2H3. The Morgan fingerprint density at radius 3 is 2.85 bits per heavy atom. The summed E-state index contributed by atoms with van der Waals surface area (Å²) in [7, 11) is 1.59. The van der Waals surface area contributed by atoms with Gasteiger partial charge in [0.25, 0.3) is 0 Å². The van der Waals surface area contributed by atoms with E-state index in [2.05, 4.69) is 5.92 Å². The quantitative estimate of drug-likeness (QED) is 0.774. The molecule has 0 aliphatic heterocycles. The zero-order valence-corrected chi connectivity index (χ0v) is 12.2. The first-order chi connectivity index (χ1) is 9.63. The minimum absolute atomic E-state index is 0.129. The highest BCUT2D eigenvalue weighted by Crippen LogP contribution is 2.49. The fraction of sp³-hybridized carbons (Fsp3) is 0.471. The third-order valence-corrected chi connectivity index (χ3v) is 5.00. The molecule has 0 amide bonds. The summed E-state index contributed by atoms with van der Waals surface area (Å²) in [6.07, 6.45) is 9.56. The Morgan fingerprint density at radius 2 is 2.15 bits per heavy atom. The molecular weight excluding hydrogens is 272 g/mol. The maximum absolute atomic E-state index is 12.6. The molecule has 3 rings (SSSR count). The molecule has 2 aliphatic rings. The predicted molar refractivity (Wildman–Crippen MR) is 79.1 cm³/mol. The Kier molecular flexibility index (Phi) is 3.48. The van der Waals surface area contributed by atoms with E-state index in [1.807, 2.05) is 0 Å². The van der Waals surface area contributed by atoms with Crippen molar-refractivity contribution in [3.8, 4) is 18.1 Å². The van der Waals surface area contributed by atoms with Crippen LogP contribution < -0.4 is 4.74 Å². The van der Waals surface area contributed by atoms with Gasteiger partial charge in [-0.3, -0.25) is 4.79 Å². The van der Waals surface area contributed by atoms with Crippen LogP contribution in [0.15, 0.2) is 12.1 Å². The number of carbonyl (C=O) groups is 1. The van der Waals surface area contributed by atoms with E-state index in [9.17, 15) is 4.79 Å². The Labute approximate surface area is 124 Å². The highest BCUT2D eigenvalue weighted by molar-refractivity contribution is 6.32. The highest BCUT2D eigenvalue weighted by atomic mass is 35.5. The van der Waals surface area contributed by atoms with Crippen LogP contribution in [0.4, 0.5) is 0 Å². The van der Waals surface area contributed by atoms with Crippen molar-refractivity contribution in [3.05, 3.63) is 28.3 Å². The maximum Gasteiger partial charge on any atom is 0.143 e. The molecule has 0 saturated heterocycles. The summed E-state index contributed by atoms with van der Waals surface area (Å²) in [4.78, 5) is 12.6. The number of benzene rings is 1. The van der Waals surface area contributed by atoms with E-state index in [1.54, 1.807) is 19.2 Å². The van der Waals surface area contributed by atoms with Crippen LogP contribution in [0.1, 0.15) is 42.7 Å². The summed E-state index contributed by atoms with van der Waals surface area (Å²) in [6.45, 7) is 0. The summed E-state index contributed by atoms with van der Waals surface area (Å²) in [5.74, 6) is 4.27. The molecule has 104 valence electrons. The second-order valence-corrected chi connectivity index (χ2v) is 6.19. The van der Waals surface area contributed by atoms with Crippen LogP contribution >= 0.6 is 11.6 Å². The normalized spacial score (nSPS) is 28.2. The van der Waals surface area contributed by atoms with Gasteiger partial charge in [0, 0.05) is 28.0 Å². The Balaban J connectivity index is 2.06. The van der Waals surface area contributed by atoms with Crippen molar-refractivity contribution in [2.75, 3.05) is 7.11 Å². The van der Waals surface area contributed by atoms with E-state index in [0.717, 1.165) is 31.2 Å². The number of methoxy groups -OCH3 is 1. The number of Topliss-reactive ketones (excluding diaryl/α,β-unsaturated/α-hetero) is 1. The first-order valence-electron chi connectivity index (χ1n) is 7.01. The Hall–Kier alpha value is -1.46. The molecule has 0 N–H and O–H groups in total. The van der Waals surface area contributed by atoms with Gasteiger partial charge < -0.3 is 4.74 Å². The SMILES string of the molecule is C#Cc1cc(Cl)c(C2CC3CCC(C3)C2=O)c(OC)c1. The third-order valence-electron chi connectivity index (χ3n) is 4.68. The number of fused-ring (bicyclic) bond motifs is 2. The van der Waals surface area contributed by atoms with Crippen LogP contribution in [0, 0.1) is 24.2 Å². The predicted octanol–water partition coefficient (Wildman–Crippen LogP) is 3.80. The van der Waals surface area contributed by atoms with Crippen molar-refractivity contribution in [2.45, 2.75) is 31.6 Å². The van der Waals surface area contributed by atoms with Gasteiger partial charge in [0.1, 0.15) is 11.5 Å². The van der Waals surface area contributed by atoms with Crippen molar-refractivity contribution >= 4 is 17.4 Å². The molecular formula is C17H17ClO2. The van der Waals surface area contributed by atoms with Crippen molar-refractivity contribution in [3.63, 3.8) is 0 Å². The molecule has 1 aromatic rings. The molecule has 3 unspecified atom stereocenters. The molecule has 0 radical (unpaired) electrons. The third kappa shape index (κ3) is 2.11. The fourth-order valence-electron chi connectivity index (χ4n) is 3.72. The van der Waals surface area contributed by atoms with Gasteiger partial charge in [0.15, 0.2) is 0 Å². The minimum Gasteiger partial charge on any atom is -0.496 e. The van der Waals surface area contributed by atoms with Crippen LogP contribution in [0.5, 0.6) is 5.75 Å². The second kappa shape index (κ2) is 5.14. The smallest absolute Gasteiger partial charge is 0.143 e. The molecule has 0 heterocycles. The number of halogens is 1. The summed E-state index contributed by atoms with van der Waals surface area (Å²) < 4.78 is 5.43. The average molecular weight is 289 g/mol. The van der Waals surface area contributed by atoms with E-state index in [-0.39, 0.29) is 11.8 Å². The summed E-state index contributed by atoms with van der Waals surface area (Å²) in [6, 6.07) is 3.55. The Bertz CT molecular complexity index is 600. The van der Waals surface area contributed by atoms with Gasteiger partial charge in [-0.1, -0.05) is 17.5 Å². The fourth-order valence-corrected chi connectivity index (χ4v) is 4.07. The largest absolute Gasteiger partial charge is 0.496 e. The number of carbonyl (C=O) groups excluding carboxylic acids is 1. The lowest BCUT2D eigenvalue weighted by molar-refractivity contribution is -0.125. The zero-order valence-electron chi connectivity index (χ0n) is 11.5. The molecule has 20 heavy (non-hydrogen) atoms. The van der Waals surface area contributed by atoms with Gasteiger partial charge in [-0.05, 0) is 43.7 Å². The molecule has 2 saturated carbocycles. The van der Waals surface area contributed by atoms with Crippen LogP contribution in [0.3, 0.4) is 0 Å². The van der Waals surface area contributed by atoms with Crippen molar-refractivity contribution in [2.24, 2.45) is 11.8 Å². The van der Waals surface area contributed by atoms with Crippen LogP contribution in [0.25, 0.3) is 0 Å². The molecule has 3 atom stereocenters. The number of terminal acetylenes is 1. The van der Waals surface area contributed by atoms with Gasteiger partial charge in [-0.25, -0.2) is 0 Å². The van der Waals surface area contributed by atoms with Crippen molar-refractivity contribution in [1.29, 1.82) is 0 Å². The van der Waals surface area contributed by atoms with Crippen LogP contribution in [0.2, 0.25) is 5.02 Å². The molecule has 0 aromatic heterocycles. The molecule has 3 heteroatoms. The maximum atomic E-state index is 12.6. The van der Waals surface area contributed by atoms with E-state index < -0.39 is 0 Å². The van der Waals surface area contributed by atoms with Gasteiger partial charge in [-0.2, -0.15) is 0 Å². The van der Waals surface area contributed by atoms with Crippen molar-refractivity contribution in [1.82, 2.24) is 0 Å². The molecule has 0 spiro atoms. The molecule has 2 fully saturated rings. The number of rotatable bonds is 2. The average Bonchev–Trinajstić information content (AvgIpc) is 2.86. The minimum atomic E-state index is -0.129. The Morgan fingerprint density at radius 1 is 1.35 bits per heavy atom. The van der Waals surface area contributed by atoms with Gasteiger partial charge in [0.2, 0.25) is 0 Å². The van der Waals surface area contributed by atoms with Gasteiger partial charge in [0.05, 0.1) is 7.11 Å². The lowest BCUT2D eigenvalue weighted by atomic mass is 9.76. The molecule has 1 aromatic carbocycles. The highest BCUT2D eigenvalue weighted by Gasteiger charge is 2.42. The number of ether oxygens (including phenoxy) is 1. The van der Waals surface area contributed by atoms with Crippen LogP contribution in [-0.2, 0) is 4.79 Å². The lowest BCUT2D eigenvalue weighted by Crippen LogP contribution is -2.26.